The molecular formula is C15H27F3O5. The first-order valence-electron chi connectivity index (χ1n) is 7.78. The molecule has 0 N–H and O–H groups in total. The lowest BCUT2D eigenvalue weighted by Crippen LogP contribution is -2.42. The highest BCUT2D eigenvalue weighted by Gasteiger charge is 2.47. The van der Waals surface area contributed by atoms with Crippen LogP contribution in [0.3, 0.4) is 0 Å². The molecule has 0 aromatic rings. The van der Waals surface area contributed by atoms with Crippen molar-refractivity contribution in [2.24, 2.45) is 0 Å². The Hall–Kier alpha value is -0.860. The first-order chi connectivity index (χ1) is 10.8. The van der Waals surface area contributed by atoms with Gasteiger partial charge in [0.25, 0.3) is 6.10 Å². The molecule has 0 rings (SSSR count). The number of rotatable bonds is 13. The molecule has 0 aromatic carbocycles. The predicted octanol–water partition coefficient (Wildman–Crippen LogP) is 3.46. The summed E-state index contributed by atoms with van der Waals surface area (Å²) in [5.74, 6) is -1.43. The minimum atomic E-state index is -4.84. The fourth-order valence-corrected chi connectivity index (χ4v) is 1.79. The van der Waals surface area contributed by atoms with Crippen molar-refractivity contribution < 1.29 is 36.9 Å². The topological polar surface area (TPSA) is 54.0 Å². The summed E-state index contributed by atoms with van der Waals surface area (Å²) < 4.78 is 57.3. The third-order valence-corrected chi connectivity index (χ3v) is 3.04. The van der Waals surface area contributed by atoms with Gasteiger partial charge in [0.15, 0.2) is 0 Å². The van der Waals surface area contributed by atoms with Gasteiger partial charge in [0.05, 0.1) is 19.3 Å². The highest BCUT2D eigenvalue weighted by Crippen LogP contribution is 2.25. The van der Waals surface area contributed by atoms with Crippen LogP contribution in [0.1, 0.15) is 46.0 Å². The van der Waals surface area contributed by atoms with Gasteiger partial charge in [-0.05, 0) is 19.8 Å². The zero-order valence-electron chi connectivity index (χ0n) is 14.0. The second-order valence-corrected chi connectivity index (χ2v) is 5.20. The van der Waals surface area contributed by atoms with Gasteiger partial charge in [-0.3, -0.25) is 0 Å². The molecule has 0 amide bonds. The second-order valence-electron chi connectivity index (χ2n) is 5.20. The van der Waals surface area contributed by atoms with E-state index < -0.39 is 31.1 Å². The van der Waals surface area contributed by atoms with Crippen LogP contribution in [-0.2, 0) is 23.7 Å². The summed E-state index contributed by atoms with van der Waals surface area (Å²) in [4.78, 5) is 11.7. The van der Waals surface area contributed by atoms with Crippen molar-refractivity contribution in [3.05, 3.63) is 0 Å². The third-order valence-electron chi connectivity index (χ3n) is 3.04. The van der Waals surface area contributed by atoms with Crippen LogP contribution >= 0.6 is 0 Å². The van der Waals surface area contributed by atoms with Crippen LogP contribution in [0.2, 0.25) is 0 Å². The Morgan fingerprint density at radius 1 is 1.13 bits per heavy atom. The van der Waals surface area contributed by atoms with Gasteiger partial charge in [0, 0.05) is 7.11 Å². The largest absolute Gasteiger partial charge is 0.460 e. The van der Waals surface area contributed by atoms with Gasteiger partial charge in [-0.25, -0.2) is 4.79 Å². The van der Waals surface area contributed by atoms with Gasteiger partial charge in [-0.1, -0.05) is 26.2 Å². The van der Waals surface area contributed by atoms with Crippen molar-refractivity contribution in [1.29, 1.82) is 0 Å². The van der Waals surface area contributed by atoms with Crippen LogP contribution in [0, 0.1) is 0 Å². The highest BCUT2D eigenvalue weighted by molar-refractivity contribution is 5.75. The van der Waals surface area contributed by atoms with Gasteiger partial charge in [0.1, 0.15) is 6.79 Å². The average Bonchev–Trinajstić information content (AvgIpc) is 2.45. The number of halogens is 3. The first kappa shape index (κ1) is 22.1. The fourth-order valence-electron chi connectivity index (χ4n) is 1.79. The van der Waals surface area contributed by atoms with Crippen LogP contribution in [0.4, 0.5) is 13.2 Å². The number of esters is 1. The molecule has 0 bridgehead atoms. The third kappa shape index (κ3) is 11.3. The zero-order valence-corrected chi connectivity index (χ0v) is 14.0. The Kier molecular flexibility index (Phi) is 12.1. The van der Waals surface area contributed by atoms with E-state index in [1.54, 1.807) is 6.92 Å². The van der Waals surface area contributed by atoms with E-state index in [1.165, 1.54) is 7.11 Å². The summed E-state index contributed by atoms with van der Waals surface area (Å²) in [6, 6.07) is 0. The molecule has 23 heavy (non-hydrogen) atoms. The van der Waals surface area contributed by atoms with Gasteiger partial charge in [0.2, 0.25) is 0 Å². The molecule has 0 spiro atoms. The average molecular weight is 344 g/mol. The van der Waals surface area contributed by atoms with Crippen LogP contribution in [0.15, 0.2) is 0 Å². The maximum atomic E-state index is 12.8. The Labute approximate surface area is 135 Å². The number of carbonyl (C=O) groups is 1. The van der Waals surface area contributed by atoms with Crippen LogP contribution < -0.4 is 0 Å². The van der Waals surface area contributed by atoms with Crippen molar-refractivity contribution in [2.75, 3.05) is 27.1 Å². The summed E-state index contributed by atoms with van der Waals surface area (Å²) >= 11 is 0. The molecule has 138 valence electrons. The first-order valence-corrected chi connectivity index (χ1v) is 7.78. The second kappa shape index (κ2) is 12.5. The van der Waals surface area contributed by atoms with Crippen LogP contribution in [0.5, 0.6) is 0 Å². The van der Waals surface area contributed by atoms with Crippen molar-refractivity contribution in [3.63, 3.8) is 0 Å². The number of unbranched alkanes of at least 4 members (excludes halogenated alkanes) is 3. The predicted molar refractivity (Wildman–Crippen MR) is 77.9 cm³/mol. The van der Waals surface area contributed by atoms with E-state index >= 15 is 0 Å². The quantitative estimate of drug-likeness (QED) is 0.291. The van der Waals surface area contributed by atoms with Gasteiger partial charge < -0.3 is 18.9 Å². The van der Waals surface area contributed by atoms with E-state index in [1.807, 2.05) is 0 Å². The number of hydrogen-bond acceptors (Lipinski definition) is 5. The SMILES string of the molecule is CCCCCCC(C)OC(=O)[C@H](OCOCCOC)C(F)(F)F. The van der Waals surface area contributed by atoms with Crippen molar-refractivity contribution in [3.8, 4) is 0 Å². The number of carbonyl (C=O) groups excluding carboxylic acids is 1. The van der Waals surface area contributed by atoms with Gasteiger partial charge in [-0.15, -0.1) is 0 Å². The highest BCUT2D eigenvalue weighted by atomic mass is 19.4. The summed E-state index contributed by atoms with van der Waals surface area (Å²) in [7, 11) is 1.43. The molecule has 0 radical (unpaired) electrons. The number of hydrogen-bond donors (Lipinski definition) is 0. The molecule has 0 aliphatic heterocycles. The minimum absolute atomic E-state index is 0.0734. The van der Waals surface area contributed by atoms with Gasteiger partial charge >= 0.3 is 12.1 Å². The maximum absolute atomic E-state index is 12.8. The Bertz CT molecular complexity index is 310. The molecule has 0 saturated carbocycles. The normalized spacial score (nSPS) is 14.5. The summed E-state index contributed by atoms with van der Waals surface area (Å²) in [6.07, 6.45) is -3.66. The van der Waals surface area contributed by atoms with Crippen LogP contribution in [0.25, 0.3) is 0 Å². The van der Waals surface area contributed by atoms with Crippen molar-refractivity contribution in [1.82, 2.24) is 0 Å². The van der Waals surface area contributed by atoms with E-state index in [-0.39, 0.29) is 13.2 Å². The number of methoxy groups -OCH3 is 1. The molecule has 0 aliphatic carbocycles. The Morgan fingerprint density at radius 2 is 1.83 bits per heavy atom. The fraction of sp³-hybridized carbons (Fsp3) is 0.933. The summed E-state index contributed by atoms with van der Waals surface area (Å²) in [5.41, 5.74) is 0. The van der Waals surface area contributed by atoms with Gasteiger partial charge in [-0.2, -0.15) is 13.2 Å². The molecule has 0 aliphatic rings. The summed E-state index contributed by atoms with van der Waals surface area (Å²) in [6.45, 7) is 3.27. The van der Waals surface area contributed by atoms with E-state index in [2.05, 4.69) is 16.4 Å². The lowest BCUT2D eigenvalue weighted by Gasteiger charge is -2.21. The van der Waals surface area contributed by atoms with E-state index in [0.29, 0.717) is 6.42 Å². The molecule has 1 unspecified atom stereocenters. The van der Waals surface area contributed by atoms with E-state index in [9.17, 15) is 18.0 Å². The van der Waals surface area contributed by atoms with Crippen LogP contribution in [-0.4, -0.2) is 51.5 Å². The Morgan fingerprint density at radius 3 is 2.39 bits per heavy atom. The zero-order chi connectivity index (χ0) is 17.7. The molecule has 0 aromatic heterocycles. The monoisotopic (exact) mass is 344 g/mol. The molecule has 2 atom stereocenters. The van der Waals surface area contributed by atoms with E-state index in [4.69, 9.17) is 9.47 Å². The number of alkyl halides is 3. The molecule has 0 saturated heterocycles. The van der Waals surface area contributed by atoms with Crippen molar-refractivity contribution in [2.45, 2.75) is 64.3 Å². The lowest BCUT2D eigenvalue weighted by molar-refractivity contribution is -0.249. The number of ether oxygens (including phenoxy) is 4. The summed E-state index contributed by atoms with van der Waals surface area (Å²) in [5, 5.41) is 0. The maximum Gasteiger partial charge on any atom is 0.425 e. The molecule has 5 nitrogen and oxygen atoms in total. The standard InChI is InChI=1S/C15H27F3O5/c1-4-5-6-7-8-12(2)23-14(19)13(15(16,17)18)22-11-21-10-9-20-3/h12-13H,4-11H2,1-3H3/t12?,13-/m0/s1. The van der Waals surface area contributed by atoms with Crippen molar-refractivity contribution >= 4 is 5.97 Å². The molecule has 0 heterocycles. The minimum Gasteiger partial charge on any atom is -0.460 e. The molecule has 8 heteroatoms. The lowest BCUT2D eigenvalue weighted by atomic mass is 10.1. The molecule has 0 fully saturated rings. The smallest absolute Gasteiger partial charge is 0.425 e. The Balaban J connectivity index is 4.24. The molecular weight excluding hydrogens is 317 g/mol. The van der Waals surface area contributed by atoms with E-state index in [0.717, 1.165) is 25.7 Å².